The van der Waals surface area contributed by atoms with E-state index in [1.54, 1.807) is 0 Å². The van der Waals surface area contributed by atoms with E-state index in [0.717, 1.165) is 96.3 Å². The second-order valence-electron chi connectivity index (χ2n) is 21.6. The van der Waals surface area contributed by atoms with E-state index in [-0.39, 0.29) is 31.1 Å². The van der Waals surface area contributed by atoms with Gasteiger partial charge in [-0.15, -0.1) is 0 Å². The van der Waals surface area contributed by atoms with Crippen LogP contribution in [0, 0.1) is 0 Å². The van der Waals surface area contributed by atoms with Gasteiger partial charge in [-0.2, -0.15) is 0 Å². The normalized spacial score (nSPS) is 12.4. The quantitative estimate of drug-likeness (QED) is 0.0261. The van der Waals surface area contributed by atoms with Crippen molar-refractivity contribution in [3.63, 3.8) is 0 Å². The van der Waals surface area contributed by atoms with Crippen LogP contribution in [0.5, 0.6) is 0 Å². The van der Waals surface area contributed by atoms with Gasteiger partial charge < -0.3 is 14.2 Å². The largest absolute Gasteiger partial charge is 0.462 e. The summed E-state index contributed by atoms with van der Waals surface area (Å²) in [4.78, 5) is 37.9. The third kappa shape index (κ3) is 60.0. The molecule has 6 heteroatoms. The van der Waals surface area contributed by atoms with Crippen molar-refractivity contribution in [3.05, 3.63) is 60.8 Å². The third-order valence-corrected chi connectivity index (χ3v) is 14.3. The molecule has 0 saturated carbocycles. The molecule has 1 unspecified atom stereocenters. The second kappa shape index (κ2) is 62.6. The van der Waals surface area contributed by atoms with Crippen molar-refractivity contribution in [2.45, 2.75) is 341 Å². The molecule has 0 aromatic rings. The zero-order valence-electron chi connectivity index (χ0n) is 49.4. The van der Waals surface area contributed by atoms with Crippen molar-refractivity contribution in [2.75, 3.05) is 13.2 Å². The standard InChI is InChI=1S/C68H122O6/c1-4-7-10-13-16-18-20-22-24-26-27-28-29-30-31-32-33-34-35-36-37-38-39-40-41-43-44-46-48-50-52-55-58-61-67(70)73-64-65(63-72-66(69)60-57-54-15-12-9-6-3)74-68(71)62-59-56-53-51-49-47-45-42-25-23-21-19-17-14-11-8-5-2/h8,11,17,19,23,25-27,45,47,65H,4-7,9-10,12-16,18,20-22,24,28-44,46,48-64H2,1-3H3/b11-8-,19-17-,25-23-,27-26-,47-45-. The molecule has 0 aliphatic carbocycles. The minimum absolute atomic E-state index is 0.0813. The third-order valence-electron chi connectivity index (χ3n) is 14.3. The molecule has 0 spiro atoms. The molecule has 0 rings (SSSR count). The number of esters is 3. The summed E-state index contributed by atoms with van der Waals surface area (Å²) >= 11 is 0. The summed E-state index contributed by atoms with van der Waals surface area (Å²) in [5, 5.41) is 0. The first kappa shape index (κ1) is 71.1. The van der Waals surface area contributed by atoms with Gasteiger partial charge in [-0.05, 0) is 83.5 Å². The molecule has 0 heterocycles. The van der Waals surface area contributed by atoms with Crippen molar-refractivity contribution < 1.29 is 28.6 Å². The average molecular weight is 1040 g/mol. The maximum Gasteiger partial charge on any atom is 0.306 e. The zero-order valence-corrected chi connectivity index (χ0v) is 49.4. The molecule has 6 nitrogen and oxygen atoms in total. The fourth-order valence-corrected chi connectivity index (χ4v) is 9.43. The average Bonchev–Trinajstić information content (AvgIpc) is 3.40. The van der Waals surface area contributed by atoms with Crippen LogP contribution in [0.2, 0.25) is 0 Å². The highest BCUT2D eigenvalue weighted by molar-refractivity contribution is 5.71. The minimum atomic E-state index is -0.783. The van der Waals surface area contributed by atoms with E-state index in [4.69, 9.17) is 14.2 Å². The lowest BCUT2D eigenvalue weighted by molar-refractivity contribution is -0.167. The van der Waals surface area contributed by atoms with E-state index in [1.807, 2.05) is 0 Å². The van der Waals surface area contributed by atoms with Gasteiger partial charge in [-0.25, -0.2) is 0 Å². The van der Waals surface area contributed by atoms with E-state index in [1.165, 1.54) is 199 Å². The molecule has 1 atom stereocenters. The number of carbonyl (C=O) groups excluding carboxylic acids is 3. The summed E-state index contributed by atoms with van der Waals surface area (Å²) in [5.74, 6) is -0.902. The Labute approximate surface area is 460 Å². The maximum absolute atomic E-state index is 12.8. The summed E-state index contributed by atoms with van der Waals surface area (Å²) in [5.41, 5.74) is 0. The fraction of sp³-hybridized carbons (Fsp3) is 0.809. The predicted molar refractivity (Wildman–Crippen MR) is 321 cm³/mol. The highest BCUT2D eigenvalue weighted by Gasteiger charge is 2.19. The van der Waals surface area contributed by atoms with E-state index in [2.05, 4.69) is 81.5 Å². The molecular formula is C68H122O6. The first-order chi connectivity index (χ1) is 36.5. The Morgan fingerprint density at radius 2 is 0.527 bits per heavy atom. The Bertz CT molecular complexity index is 1330. The van der Waals surface area contributed by atoms with Gasteiger partial charge in [0.15, 0.2) is 6.10 Å². The Morgan fingerprint density at radius 3 is 0.838 bits per heavy atom. The molecule has 0 bridgehead atoms. The van der Waals surface area contributed by atoms with Gasteiger partial charge >= 0.3 is 17.9 Å². The van der Waals surface area contributed by atoms with Gasteiger partial charge in [-0.3, -0.25) is 14.4 Å². The van der Waals surface area contributed by atoms with Crippen LogP contribution in [0.3, 0.4) is 0 Å². The van der Waals surface area contributed by atoms with Crippen LogP contribution >= 0.6 is 0 Å². The lowest BCUT2D eigenvalue weighted by atomic mass is 10.0. The molecule has 0 aliphatic rings. The van der Waals surface area contributed by atoms with Crippen LogP contribution in [0.25, 0.3) is 0 Å². The first-order valence-electron chi connectivity index (χ1n) is 32.3. The number of rotatable bonds is 59. The Morgan fingerprint density at radius 1 is 0.284 bits per heavy atom. The molecule has 430 valence electrons. The van der Waals surface area contributed by atoms with Gasteiger partial charge in [0.1, 0.15) is 13.2 Å². The minimum Gasteiger partial charge on any atom is -0.462 e. The Balaban J connectivity index is 3.96. The van der Waals surface area contributed by atoms with Crippen molar-refractivity contribution in [1.29, 1.82) is 0 Å². The number of ether oxygens (including phenoxy) is 3. The van der Waals surface area contributed by atoms with Gasteiger partial charge in [0.05, 0.1) is 0 Å². The van der Waals surface area contributed by atoms with Gasteiger partial charge in [0.25, 0.3) is 0 Å². The molecule has 0 radical (unpaired) electrons. The molecule has 0 saturated heterocycles. The maximum atomic E-state index is 12.8. The van der Waals surface area contributed by atoms with Crippen molar-refractivity contribution in [2.24, 2.45) is 0 Å². The van der Waals surface area contributed by atoms with Crippen molar-refractivity contribution >= 4 is 17.9 Å². The lowest BCUT2D eigenvalue weighted by Gasteiger charge is -2.18. The highest BCUT2D eigenvalue weighted by atomic mass is 16.6. The molecular weight excluding hydrogens is 913 g/mol. The monoisotopic (exact) mass is 1030 g/mol. The first-order valence-corrected chi connectivity index (χ1v) is 32.3. The number of carbonyl (C=O) groups is 3. The molecule has 0 aliphatic heterocycles. The van der Waals surface area contributed by atoms with Crippen LogP contribution in [0.4, 0.5) is 0 Å². The summed E-state index contributed by atoms with van der Waals surface area (Å²) in [6, 6.07) is 0. The van der Waals surface area contributed by atoms with Crippen molar-refractivity contribution in [1.82, 2.24) is 0 Å². The molecule has 0 amide bonds. The van der Waals surface area contributed by atoms with Crippen LogP contribution < -0.4 is 0 Å². The lowest BCUT2D eigenvalue weighted by Crippen LogP contribution is -2.30. The van der Waals surface area contributed by atoms with Crippen LogP contribution in [0.1, 0.15) is 335 Å². The molecule has 74 heavy (non-hydrogen) atoms. The van der Waals surface area contributed by atoms with E-state index in [0.29, 0.717) is 19.3 Å². The predicted octanol–water partition coefficient (Wildman–Crippen LogP) is 21.9. The smallest absolute Gasteiger partial charge is 0.306 e. The molecule has 0 aromatic heterocycles. The van der Waals surface area contributed by atoms with E-state index in [9.17, 15) is 14.4 Å². The van der Waals surface area contributed by atoms with Crippen LogP contribution in [-0.4, -0.2) is 37.2 Å². The summed E-state index contributed by atoms with van der Waals surface area (Å²) in [7, 11) is 0. The van der Waals surface area contributed by atoms with Gasteiger partial charge in [-0.1, -0.05) is 293 Å². The number of allylic oxidation sites excluding steroid dienone is 10. The molecule has 0 N–H and O–H groups in total. The summed E-state index contributed by atoms with van der Waals surface area (Å²) in [6.45, 7) is 6.48. The topological polar surface area (TPSA) is 78.9 Å². The number of unbranched alkanes of at least 4 members (excludes halogenated alkanes) is 38. The second-order valence-corrected chi connectivity index (χ2v) is 21.6. The van der Waals surface area contributed by atoms with E-state index < -0.39 is 6.10 Å². The highest BCUT2D eigenvalue weighted by Crippen LogP contribution is 2.17. The molecule has 0 aromatic carbocycles. The number of hydrogen-bond donors (Lipinski definition) is 0. The van der Waals surface area contributed by atoms with Crippen LogP contribution in [-0.2, 0) is 28.6 Å². The Kier molecular flexibility index (Phi) is 60.2. The van der Waals surface area contributed by atoms with E-state index >= 15 is 0 Å². The SMILES string of the molecule is CC/C=C\C/C=C\C/C=C\C/C=C\CCCCCCC(=O)OC(COC(=O)CCCCCCCC)COC(=O)CCCCCCCCCCCCCCCCCCCCCCC/C=C\CCCCCCCCCC. The summed E-state index contributed by atoms with van der Waals surface area (Å²) in [6.07, 6.45) is 80.1. The zero-order chi connectivity index (χ0) is 53.6. The van der Waals surface area contributed by atoms with Gasteiger partial charge in [0.2, 0.25) is 0 Å². The Hall–Kier alpha value is -2.89. The van der Waals surface area contributed by atoms with Gasteiger partial charge in [0, 0.05) is 19.3 Å². The molecule has 0 fully saturated rings. The summed E-state index contributed by atoms with van der Waals surface area (Å²) < 4.78 is 16.8. The number of hydrogen-bond acceptors (Lipinski definition) is 6. The van der Waals surface area contributed by atoms with Crippen LogP contribution in [0.15, 0.2) is 60.8 Å². The van der Waals surface area contributed by atoms with Crippen molar-refractivity contribution in [3.8, 4) is 0 Å². The fourth-order valence-electron chi connectivity index (χ4n) is 9.43.